The highest BCUT2D eigenvalue weighted by Gasteiger charge is 2.19. The van der Waals surface area contributed by atoms with Crippen molar-refractivity contribution in [1.82, 2.24) is 4.90 Å². The Labute approximate surface area is 129 Å². The normalized spacial score (nSPS) is 15.2. The summed E-state index contributed by atoms with van der Waals surface area (Å²) in [6, 6.07) is 10.9. The van der Waals surface area contributed by atoms with Crippen molar-refractivity contribution in [3.63, 3.8) is 0 Å². The van der Waals surface area contributed by atoms with Gasteiger partial charge in [0.05, 0.1) is 18.3 Å². The van der Waals surface area contributed by atoms with Crippen molar-refractivity contribution in [2.45, 2.75) is 65.3 Å². The van der Waals surface area contributed by atoms with Gasteiger partial charge >= 0.3 is 0 Å². The van der Waals surface area contributed by atoms with Crippen LogP contribution in [0.2, 0.25) is 0 Å². The molecule has 2 atom stereocenters. The van der Waals surface area contributed by atoms with Gasteiger partial charge in [-0.15, -0.1) is 0 Å². The van der Waals surface area contributed by atoms with Gasteiger partial charge in [-0.05, 0) is 39.7 Å². The van der Waals surface area contributed by atoms with Crippen LogP contribution in [0.1, 0.15) is 46.6 Å². The lowest BCUT2D eigenvalue weighted by Crippen LogP contribution is -2.40. The number of aliphatic hydroxyl groups is 1. The largest absolute Gasteiger partial charge is 0.389 e. The van der Waals surface area contributed by atoms with Gasteiger partial charge in [-0.1, -0.05) is 37.3 Å². The third kappa shape index (κ3) is 7.60. The Hall–Kier alpha value is -0.900. The van der Waals surface area contributed by atoms with Gasteiger partial charge in [-0.2, -0.15) is 0 Å². The first-order chi connectivity index (χ1) is 9.81. The number of ether oxygens (including phenoxy) is 1. The van der Waals surface area contributed by atoms with Crippen LogP contribution in [0.5, 0.6) is 0 Å². The molecule has 0 unspecified atom stereocenters. The second kappa shape index (κ2) is 8.52. The van der Waals surface area contributed by atoms with E-state index in [2.05, 4.69) is 43.0 Å². The standard InChI is InChI=1S/C18H31NO2/c1-6-15(2)19(12-16-10-8-7-9-11-16)13-17(20)14-21-18(3,4)5/h7-11,15,17,20H,6,12-14H2,1-5H3/t15-,17+/m0/s1. The summed E-state index contributed by atoms with van der Waals surface area (Å²) in [7, 11) is 0. The van der Waals surface area contributed by atoms with Crippen LogP contribution in [0.3, 0.4) is 0 Å². The Bertz CT molecular complexity index is 386. The molecule has 0 amide bonds. The van der Waals surface area contributed by atoms with Crippen LogP contribution in [0, 0.1) is 0 Å². The van der Waals surface area contributed by atoms with Crippen LogP contribution >= 0.6 is 0 Å². The van der Waals surface area contributed by atoms with Crippen molar-refractivity contribution in [1.29, 1.82) is 0 Å². The van der Waals surface area contributed by atoms with Gasteiger partial charge in [0.15, 0.2) is 0 Å². The summed E-state index contributed by atoms with van der Waals surface area (Å²) in [6.07, 6.45) is 0.613. The lowest BCUT2D eigenvalue weighted by atomic mass is 10.1. The first kappa shape index (κ1) is 18.1. The quantitative estimate of drug-likeness (QED) is 0.796. The highest BCUT2D eigenvalue weighted by molar-refractivity contribution is 5.14. The summed E-state index contributed by atoms with van der Waals surface area (Å²) in [4.78, 5) is 2.33. The zero-order valence-electron chi connectivity index (χ0n) is 14.2. The Morgan fingerprint density at radius 1 is 1.19 bits per heavy atom. The van der Waals surface area contributed by atoms with E-state index in [1.807, 2.05) is 26.8 Å². The lowest BCUT2D eigenvalue weighted by Gasteiger charge is -2.31. The van der Waals surface area contributed by atoms with Gasteiger partial charge in [0.2, 0.25) is 0 Å². The number of nitrogens with zero attached hydrogens (tertiary/aromatic N) is 1. The zero-order chi connectivity index (χ0) is 15.9. The Balaban J connectivity index is 2.58. The summed E-state index contributed by atoms with van der Waals surface area (Å²) in [5.74, 6) is 0. The molecule has 0 aliphatic carbocycles. The minimum absolute atomic E-state index is 0.207. The van der Waals surface area contributed by atoms with Crippen molar-refractivity contribution in [2.75, 3.05) is 13.2 Å². The van der Waals surface area contributed by atoms with Crippen molar-refractivity contribution >= 4 is 0 Å². The van der Waals surface area contributed by atoms with Crippen molar-refractivity contribution < 1.29 is 9.84 Å². The molecule has 3 nitrogen and oxygen atoms in total. The molecule has 0 aliphatic rings. The average molecular weight is 293 g/mol. The van der Waals surface area contributed by atoms with Crippen molar-refractivity contribution in [3.8, 4) is 0 Å². The van der Waals surface area contributed by atoms with Gasteiger partial charge in [0.1, 0.15) is 0 Å². The van der Waals surface area contributed by atoms with Crippen LogP contribution in [-0.4, -0.2) is 40.9 Å². The molecule has 120 valence electrons. The van der Waals surface area contributed by atoms with Gasteiger partial charge in [0.25, 0.3) is 0 Å². The van der Waals surface area contributed by atoms with E-state index < -0.39 is 6.10 Å². The van der Waals surface area contributed by atoms with E-state index in [0.717, 1.165) is 13.0 Å². The van der Waals surface area contributed by atoms with E-state index in [0.29, 0.717) is 19.2 Å². The first-order valence-electron chi connectivity index (χ1n) is 7.92. The van der Waals surface area contributed by atoms with E-state index in [1.165, 1.54) is 5.56 Å². The summed E-state index contributed by atoms with van der Waals surface area (Å²) in [6.45, 7) is 12.3. The average Bonchev–Trinajstić information content (AvgIpc) is 2.44. The summed E-state index contributed by atoms with van der Waals surface area (Å²) in [5.41, 5.74) is 1.07. The molecule has 0 saturated carbocycles. The van der Waals surface area contributed by atoms with Crippen LogP contribution < -0.4 is 0 Å². The van der Waals surface area contributed by atoms with Crippen LogP contribution in [0.25, 0.3) is 0 Å². The minimum atomic E-state index is -0.457. The SMILES string of the molecule is CC[C@H](C)N(Cc1ccccc1)C[C@@H](O)COC(C)(C)C. The number of rotatable bonds is 8. The summed E-state index contributed by atoms with van der Waals surface area (Å²) >= 11 is 0. The van der Waals surface area contributed by atoms with Crippen molar-refractivity contribution in [2.24, 2.45) is 0 Å². The molecule has 0 saturated heterocycles. The monoisotopic (exact) mass is 293 g/mol. The minimum Gasteiger partial charge on any atom is -0.389 e. The number of hydrogen-bond donors (Lipinski definition) is 1. The Morgan fingerprint density at radius 2 is 1.81 bits per heavy atom. The second-order valence-electron chi connectivity index (χ2n) is 6.75. The molecule has 0 heterocycles. The third-order valence-corrected chi connectivity index (χ3v) is 3.60. The fourth-order valence-electron chi connectivity index (χ4n) is 2.15. The molecule has 1 aromatic carbocycles. The van der Waals surface area contributed by atoms with E-state index in [-0.39, 0.29) is 5.60 Å². The maximum atomic E-state index is 10.2. The molecule has 1 aromatic rings. The molecule has 0 fully saturated rings. The van der Waals surface area contributed by atoms with Gasteiger partial charge in [0, 0.05) is 19.1 Å². The summed E-state index contributed by atoms with van der Waals surface area (Å²) < 4.78 is 5.68. The second-order valence-corrected chi connectivity index (χ2v) is 6.75. The number of aliphatic hydroxyl groups excluding tert-OH is 1. The highest BCUT2D eigenvalue weighted by atomic mass is 16.5. The fourth-order valence-corrected chi connectivity index (χ4v) is 2.15. The van der Waals surface area contributed by atoms with Crippen LogP contribution in [0.4, 0.5) is 0 Å². The fraction of sp³-hybridized carbons (Fsp3) is 0.667. The van der Waals surface area contributed by atoms with E-state index in [4.69, 9.17) is 4.74 Å². The molecule has 0 bridgehead atoms. The molecule has 1 N–H and O–H groups in total. The van der Waals surface area contributed by atoms with Crippen LogP contribution in [0.15, 0.2) is 30.3 Å². The third-order valence-electron chi connectivity index (χ3n) is 3.60. The molecule has 3 heteroatoms. The molecular weight excluding hydrogens is 262 g/mol. The number of hydrogen-bond acceptors (Lipinski definition) is 3. The maximum absolute atomic E-state index is 10.2. The lowest BCUT2D eigenvalue weighted by molar-refractivity contribution is -0.0593. The molecule has 1 rings (SSSR count). The Morgan fingerprint density at radius 3 is 2.33 bits per heavy atom. The predicted molar refractivity (Wildman–Crippen MR) is 88.3 cm³/mol. The van der Waals surface area contributed by atoms with Crippen molar-refractivity contribution in [3.05, 3.63) is 35.9 Å². The number of benzene rings is 1. The Kier molecular flexibility index (Phi) is 7.36. The molecule has 21 heavy (non-hydrogen) atoms. The molecule has 0 spiro atoms. The van der Waals surface area contributed by atoms with Gasteiger partial charge in [-0.3, -0.25) is 4.90 Å². The molecule has 0 aliphatic heterocycles. The topological polar surface area (TPSA) is 32.7 Å². The van der Waals surface area contributed by atoms with Crippen LogP contribution in [-0.2, 0) is 11.3 Å². The van der Waals surface area contributed by atoms with Gasteiger partial charge < -0.3 is 9.84 Å². The molecule has 0 aromatic heterocycles. The highest BCUT2D eigenvalue weighted by Crippen LogP contribution is 2.13. The first-order valence-corrected chi connectivity index (χ1v) is 7.92. The smallest absolute Gasteiger partial charge is 0.0900 e. The molecule has 0 radical (unpaired) electrons. The molecular formula is C18H31NO2. The predicted octanol–water partition coefficient (Wildman–Crippen LogP) is 3.46. The van der Waals surface area contributed by atoms with E-state index >= 15 is 0 Å². The maximum Gasteiger partial charge on any atom is 0.0900 e. The van der Waals surface area contributed by atoms with E-state index in [9.17, 15) is 5.11 Å². The van der Waals surface area contributed by atoms with E-state index in [1.54, 1.807) is 0 Å². The zero-order valence-corrected chi connectivity index (χ0v) is 14.2. The summed E-state index contributed by atoms with van der Waals surface area (Å²) in [5, 5.41) is 10.2. The van der Waals surface area contributed by atoms with Gasteiger partial charge in [-0.25, -0.2) is 0 Å².